The van der Waals surface area contributed by atoms with Crippen molar-refractivity contribution in [1.29, 1.82) is 0 Å². The molecular weight excluding hydrogens is 410 g/mol. The second kappa shape index (κ2) is 7.50. The number of para-hydroxylation sites is 1. The van der Waals surface area contributed by atoms with Crippen LogP contribution in [0.5, 0.6) is 5.88 Å². The number of H-pyrrole nitrogens is 1. The monoisotopic (exact) mass is 427 g/mol. The first-order chi connectivity index (χ1) is 13.9. The minimum atomic E-state index is -0.731. The zero-order chi connectivity index (χ0) is 20.7. The molecule has 2 heterocycles. The van der Waals surface area contributed by atoms with Gasteiger partial charge in [-0.1, -0.05) is 48.0 Å². The molecule has 1 aromatic heterocycles. The molecular formula is C21H18ClN3O3S. The third-order valence-corrected chi connectivity index (χ3v) is 5.78. The van der Waals surface area contributed by atoms with Crippen molar-refractivity contribution in [2.45, 2.75) is 19.4 Å². The highest BCUT2D eigenvalue weighted by molar-refractivity contribution is 7.71. The molecule has 0 spiro atoms. The molecule has 0 saturated heterocycles. The van der Waals surface area contributed by atoms with Crippen molar-refractivity contribution in [3.63, 3.8) is 0 Å². The SMILES string of the molecule is CC(=O)N1CCc2ccccc2[C@H]1c1c(O)n(-c2ccccc2Cl)c(=S)[nH]c1=O. The highest BCUT2D eigenvalue weighted by Gasteiger charge is 2.35. The van der Waals surface area contributed by atoms with Crippen molar-refractivity contribution < 1.29 is 9.90 Å². The minimum absolute atomic E-state index is 0.0165. The van der Waals surface area contributed by atoms with Gasteiger partial charge in [0.15, 0.2) is 4.77 Å². The van der Waals surface area contributed by atoms with E-state index in [0.717, 1.165) is 11.1 Å². The Morgan fingerprint density at radius 2 is 1.90 bits per heavy atom. The highest BCUT2D eigenvalue weighted by atomic mass is 35.5. The van der Waals surface area contributed by atoms with Gasteiger partial charge in [0.1, 0.15) is 5.56 Å². The summed E-state index contributed by atoms with van der Waals surface area (Å²) in [7, 11) is 0. The number of aromatic nitrogens is 2. The lowest BCUT2D eigenvalue weighted by Gasteiger charge is -2.37. The van der Waals surface area contributed by atoms with Crippen LogP contribution in [0, 0.1) is 4.77 Å². The van der Waals surface area contributed by atoms with E-state index in [0.29, 0.717) is 23.7 Å². The first-order valence-electron chi connectivity index (χ1n) is 9.08. The Labute approximate surface area is 177 Å². The number of carbonyl (C=O) groups is 1. The van der Waals surface area contributed by atoms with Crippen molar-refractivity contribution in [2.24, 2.45) is 0 Å². The Morgan fingerprint density at radius 3 is 2.62 bits per heavy atom. The molecule has 1 amide bonds. The largest absolute Gasteiger partial charge is 0.494 e. The zero-order valence-corrected chi connectivity index (χ0v) is 17.1. The Kier molecular flexibility index (Phi) is 5.02. The number of halogens is 1. The normalized spacial score (nSPS) is 15.8. The lowest BCUT2D eigenvalue weighted by Crippen LogP contribution is -2.41. The lowest BCUT2D eigenvalue weighted by atomic mass is 9.89. The standard InChI is InChI=1S/C21H18ClN3O3S/c1-12(26)24-11-10-13-6-2-3-7-14(13)18(24)17-19(27)23-21(29)25(20(17)28)16-9-5-4-8-15(16)22/h2-9,18,28H,10-11H2,1H3,(H,23,27,29)/t18-/m0/s1. The van der Waals surface area contributed by atoms with Gasteiger partial charge in [-0.05, 0) is 41.9 Å². The number of aromatic amines is 1. The van der Waals surface area contributed by atoms with Gasteiger partial charge >= 0.3 is 0 Å². The average molecular weight is 428 g/mol. The number of benzene rings is 2. The minimum Gasteiger partial charge on any atom is -0.494 e. The molecule has 148 valence electrons. The number of hydrogen-bond donors (Lipinski definition) is 2. The molecule has 2 aromatic carbocycles. The summed E-state index contributed by atoms with van der Waals surface area (Å²) in [5.74, 6) is -0.519. The number of hydrogen-bond acceptors (Lipinski definition) is 4. The van der Waals surface area contributed by atoms with Crippen LogP contribution in [0.15, 0.2) is 53.3 Å². The van der Waals surface area contributed by atoms with Crippen molar-refractivity contribution in [3.05, 3.63) is 85.4 Å². The van der Waals surface area contributed by atoms with Gasteiger partial charge in [-0.3, -0.25) is 19.1 Å². The van der Waals surface area contributed by atoms with Gasteiger partial charge < -0.3 is 10.0 Å². The number of rotatable bonds is 2. The Bertz CT molecular complexity index is 1230. The van der Waals surface area contributed by atoms with Crippen LogP contribution in [-0.4, -0.2) is 32.0 Å². The van der Waals surface area contributed by atoms with Gasteiger partial charge in [0.25, 0.3) is 5.56 Å². The third-order valence-electron chi connectivity index (χ3n) is 5.18. The maximum Gasteiger partial charge on any atom is 0.261 e. The molecule has 6 nitrogen and oxygen atoms in total. The number of aromatic hydroxyl groups is 1. The van der Waals surface area contributed by atoms with E-state index in [2.05, 4.69) is 4.98 Å². The quantitative estimate of drug-likeness (QED) is 0.610. The number of fused-ring (bicyclic) bond motifs is 1. The van der Waals surface area contributed by atoms with Crippen LogP contribution >= 0.6 is 23.8 Å². The smallest absolute Gasteiger partial charge is 0.261 e. The summed E-state index contributed by atoms with van der Waals surface area (Å²) in [4.78, 5) is 29.5. The van der Waals surface area contributed by atoms with Crippen molar-refractivity contribution in [1.82, 2.24) is 14.5 Å². The number of amides is 1. The van der Waals surface area contributed by atoms with E-state index in [1.54, 1.807) is 29.2 Å². The number of nitrogens with zero attached hydrogens (tertiary/aromatic N) is 2. The fourth-order valence-corrected chi connectivity index (χ4v) is 4.36. The second-order valence-electron chi connectivity index (χ2n) is 6.85. The summed E-state index contributed by atoms with van der Waals surface area (Å²) in [6.07, 6.45) is 0.675. The van der Waals surface area contributed by atoms with Gasteiger partial charge in [-0.25, -0.2) is 0 Å². The zero-order valence-electron chi connectivity index (χ0n) is 15.6. The van der Waals surface area contributed by atoms with Crippen LogP contribution in [0.4, 0.5) is 0 Å². The van der Waals surface area contributed by atoms with Gasteiger partial charge in [0.2, 0.25) is 11.8 Å². The second-order valence-corrected chi connectivity index (χ2v) is 7.64. The predicted molar refractivity (Wildman–Crippen MR) is 113 cm³/mol. The van der Waals surface area contributed by atoms with Crippen molar-refractivity contribution in [2.75, 3.05) is 6.54 Å². The van der Waals surface area contributed by atoms with E-state index >= 15 is 0 Å². The summed E-state index contributed by atoms with van der Waals surface area (Å²) in [5.41, 5.74) is 1.79. The van der Waals surface area contributed by atoms with E-state index in [4.69, 9.17) is 23.8 Å². The predicted octanol–water partition coefficient (Wildman–Crippen LogP) is 3.75. The molecule has 1 aliphatic rings. The molecule has 4 rings (SSSR count). The Morgan fingerprint density at radius 1 is 1.21 bits per heavy atom. The van der Waals surface area contributed by atoms with E-state index in [1.807, 2.05) is 24.3 Å². The number of carbonyl (C=O) groups excluding carboxylic acids is 1. The maximum absolute atomic E-state index is 12.9. The topological polar surface area (TPSA) is 78.3 Å². The summed E-state index contributed by atoms with van der Waals surface area (Å²) in [6, 6.07) is 13.7. The van der Waals surface area contributed by atoms with Crippen LogP contribution in [0.3, 0.4) is 0 Å². The van der Waals surface area contributed by atoms with Crippen LogP contribution in [0.1, 0.15) is 29.7 Å². The van der Waals surface area contributed by atoms with Crippen LogP contribution in [0.25, 0.3) is 5.69 Å². The van der Waals surface area contributed by atoms with Crippen LogP contribution in [-0.2, 0) is 11.2 Å². The maximum atomic E-state index is 12.9. The Balaban J connectivity index is 2.04. The van der Waals surface area contributed by atoms with E-state index < -0.39 is 11.6 Å². The molecule has 0 bridgehead atoms. The molecule has 0 saturated carbocycles. The summed E-state index contributed by atoms with van der Waals surface area (Å²) in [6.45, 7) is 1.90. The molecule has 0 aliphatic carbocycles. The fraction of sp³-hybridized carbons (Fsp3) is 0.190. The fourth-order valence-electron chi connectivity index (χ4n) is 3.86. The first kappa shape index (κ1) is 19.4. The molecule has 2 N–H and O–H groups in total. The number of nitrogens with one attached hydrogen (secondary N) is 1. The summed E-state index contributed by atoms with van der Waals surface area (Å²) in [5, 5.41) is 11.6. The van der Waals surface area contributed by atoms with Crippen LogP contribution < -0.4 is 5.56 Å². The van der Waals surface area contributed by atoms with Gasteiger partial charge in [-0.2, -0.15) is 0 Å². The Hall–Kier alpha value is -2.90. The molecule has 0 fully saturated rings. The van der Waals surface area contributed by atoms with E-state index in [-0.39, 0.29) is 22.1 Å². The summed E-state index contributed by atoms with van der Waals surface area (Å²) >= 11 is 11.6. The van der Waals surface area contributed by atoms with Gasteiger partial charge in [-0.15, -0.1) is 0 Å². The van der Waals surface area contributed by atoms with E-state index in [1.165, 1.54) is 11.5 Å². The van der Waals surface area contributed by atoms with Gasteiger partial charge in [0, 0.05) is 13.5 Å². The molecule has 29 heavy (non-hydrogen) atoms. The molecule has 3 aromatic rings. The summed E-state index contributed by atoms with van der Waals surface area (Å²) < 4.78 is 1.34. The van der Waals surface area contributed by atoms with Crippen molar-refractivity contribution in [3.8, 4) is 11.6 Å². The highest BCUT2D eigenvalue weighted by Crippen LogP contribution is 2.38. The lowest BCUT2D eigenvalue weighted by molar-refractivity contribution is -0.130. The van der Waals surface area contributed by atoms with Crippen molar-refractivity contribution >= 4 is 29.7 Å². The first-order valence-corrected chi connectivity index (χ1v) is 9.87. The van der Waals surface area contributed by atoms with E-state index in [9.17, 15) is 14.7 Å². The van der Waals surface area contributed by atoms with Crippen LogP contribution in [0.2, 0.25) is 5.02 Å². The molecule has 1 aliphatic heterocycles. The molecule has 1 atom stereocenters. The molecule has 0 unspecified atom stereocenters. The average Bonchev–Trinajstić information content (AvgIpc) is 2.69. The molecule has 8 heteroatoms. The third kappa shape index (κ3) is 3.26. The van der Waals surface area contributed by atoms with Gasteiger partial charge in [0.05, 0.1) is 16.8 Å². The molecule has 0 radical (unpaired) electrons.